The molecule has 3 N–H and O–H groups in total. The first-order chi connectivity index (χ1) is 15.4. The quantitative estimate of drug-likeness (QED) is 0.632. The molecule has 0 bridgehead atoms. The summed E-state index contributed by atoms with van der Waals surface area (Å²) in [5.74, 6) is -0.912. The number of anilines is 2. The Balaban J connectivity index is 1.50. The van der Waals surface area contributed by atoms with E-state index in [1.54, 1.807) is 17.0 Å². The normalized spacial score (nSPS) is 16.6. The number of nitrogens with two attached hydrogens (primary N) is 1. The van der Waals surface area contributed by atoms with Crippen molar-refractivity contribution in [2.75, 3.05) is 11.9 Å². The van der Waals surface area contributed by atoms with Crippen molar-refractivity contribution in [1.82, 2.24) is 14.5 Å². The van der Waals surface area contributed by atoms with Crippen LogP contribution in [-0.4, -0.2) is 32.9 Å². The third-order valence-electron chi connectivity index (χ3n) is 6.00. The molecule has 2 aromatic carbocycles. The first-order valence-corrected chi connectivity index (χ1v) is 10.5. The Bertz CT molecular complexity index is 1170. The summed E-state index contributed by atoms with van der Waals surface area (Å²) in [6.45, 7) is 1.20. The number of halogens is 3. The maximum atomic E-state index is 13.8. The second-order valence-electron chi connectivity index (χ2n) is 8.26. The monoisotopic (exact) mass is 441 g/mol. The summed E-state index contributed by atoms with van der Waals surface area (Å²) in [5.41, 5.74) is 7.65. The van der Waals surface area contributed by atoms with Crippen LogP contribution in [0.25, 0.3) is 11.3 Å². The fourth-order valence-electron chi connectivity index (χ4n) is 4.03. The molecule has 1 atom stereocenters. The molecule has 2 aliphatic rings. The second kappa shape index (κ2) is 7.98. The van der Waals surface area contributed by atoms with E-state index in [-0.39, 0.29) is 24.2 Å². The van der Waals surface area contributed by atoms with Gasteiger partial charge in [0.2, 0.25) is 5.91 Å². The number of carbonyl (C=O) groups excluding carboxylic acids is 1. The number of rotatable bonds is 5. The molecule has 0 saturated heterocycles. The van der Waals surface area contributed by atoms with Crippen molar-refractivity contribution in [3.8, 4) is 11.3 Å². The van der Waals surface area contributed by atoms with E-state index < -0.39 is 17.7 Å². The zero-order valence-electron chi connectivity index (χ0n) is 17.2. The molecular weight excluding hydrogens is 419 g/mol. The summed E-state index contributed by atoms with van der Waals surface area (Å²) in [6, 6.07) is 8.92. The number of fused-ring (bicyclic) bond motifs is 1. The molecule has 1 fully saturated rings. The fraction of sp³-hybridized carbons (Fsp3) is 0.304. The summed E-state index contributed by atoms with van der Waals surface area (Å²) in [5, 5.41) is 3.13. The van der Waals surface area contributed by atoms with Gasteiger partial charge in [-0.3, -0.25) is 4.79 Å². The second-order valence-corrected chi connectivity index (χ2v) is 8.26. The predicted molar refractivity (Wildman–Crippen MR) is 113 cm³/mol. The van der Waals surface area contributed by atoms with E-state index in [1.807, 2.05) is 4.57 Å². The molecular formula is C23H22F3N5O. The Morgan fingerprint density at radius 3 is 2.50 bits per heavy atom. The summed E-state index contributed by atoms with van der Waals surface area (Å²) in [7, 11) is 0. The molecule has 1 amide bonds. The Kier molecular flexibility index (Phi) is 5.13. The average Bonchev–Trinajstić information content (AvgIpc) is 3.58. The van der Waals surface area contributed by atoms with Crippen LogP contribution in [0.15, 0.2) is 42.5 Å². The van der Waals surface area contributed by atoms with E-state index in [2.05, 4.69) is 5.32 Å². The maximum Gasteiger partial charge on any atom is 0.240 e. The summed E-state index contributed by atoms with van der Waals surface area (Å²) >= 11 is 0. The molecule has 5 rings (SSSR count). The van der Waals surface area contributed by atoms with Crippen molar-refractivity contribution in [3.63, 3.8) is 0 Å². The molecule has 9 heteroatoms. The lowest BCUT2D eigenvalue weighted by Crippen LogP contribution is -2.47. The lowest BCUT2D eigenvalue weighted by molar-refractivity contribution is -0.134. The van der Waals surface area contributed by atoms with Gasteiger partial charge in [-0.15, -0.1) is 0 Å². The van der Waals surface area contributed by atoms with Gasteiger partial charge in [-0.1, -0.05) is 0 Å². The third kappa shape index (κ3) is 3.84. The predicted octanol–water partition coefficient (Wildman–Crippen LogP) is 3.79. The van der Waals surface area contributed by atoms with Crippen molar-refractivity contribution in [3.05, 3.63) is 65.7 Å². The van der Waals surface area contributed by atoms with Gasteiger partial charge in [-0.25, -0.2) is 18.2 Å². The lowest BCUT2D eigenvalue weighted by atomic mass is 10.1. The van der Waals surface area contributed by atoms with E-state index in [9.17, 15) is 18.0 Å². The zero-order chi connectivity index (χ0) is 22.4. The van der Waals surface area contributed by atoms with E-state index in [4.69, 9.17) is 10.7 Å². The van der Waals surface area contributed by atoms with Crippen LogP contribution >= 0.6 is 0 Å². The molecule has 1 aliphatic heterocycles. The van der Waals surface area contributed by atoms with Crippen molar-refractivity contribution in [1.29, 1.82) is 0 Å². The van der Waals surface area contributed by atoms with Crippen LogP contribution in [0, 0.1) is 23.4 Å². The molecule has 3 aromatic rings. The highest BCUT2D eigenvalue weighted by atomic mass is 19.2. The standard InChI is InChI=1S/C23H22F3N5O/c24-15-5-3-14(4-6-15)21-22(28-16-7-8-17(25)18(26)11-16)31-10-9-30(12-19(31)29-21)23(32)20(27)13-1-2-13/h3-8,11,13,20,28H,1-2,9-10,12,27H2/t20-/m0/s1. The van der Waals surface area contributed by atoms with Gasteiger partial charge in [-0.2, -0.15) is 0 Å². The smallest absolute Gasteiger partial charge is 0.240 e. The van der Waals surface area contributed by atoms with E-state index in [0.29, 0.717) is 41.7 Å². The Morgan fingerprint density at radius 1 is 1.06 bits per heavy atom. The molecule has 0 unspecified atom stereocenters. The Morgan fingerprint density at radius 2 is 1.81 bits per heavy atom. The third-order valence-corrected chi connectivity index (χ3v) is 6.00. The van der Waals surface area contributed by atoms with Gasteiger partial charge in [-0.05, 0) is 55.2 Å². The number of imidazole rings is 1. The van der Waals surface area contributed by atoms with Crippen LogP contribution in [-0.2, 0) is 17.9 Å². The number of amides is 1. The molecule has 0 spiro atoms. The molecule has 2 heterocycles. The van der Waals surface area contributed by atoms with Crippen LogP contribution in [0.5, 0.6) is 0 Å². The number of hydrogen-bond donors (Lipinski definition) is 2. The minimum absolute atomic E-state index is 0.0832. The van der Waals surface area contributed by atoms with Crippen molar-refractivity contribution in [2.24, 2.45) is 11.7 Å². The highest BCUT2D eigenvalue weighted by Gasteiger charge is 2.37. The van der Waals surface area contributed by atoms with E-state index in [1.165, 1.54) is 18.2 Å². The van der Waals surface area contributed by atoms with E-state index in [0.717, 1.165) is 25.0 Å². The Hall–Kier alpha value is -3.33. The topological polar surface area (TPSA) is 76.2 Å². The first-order valence-electron chi connectivity index (χ1n) is 10.5. The highest BCUT2D eigenvalue weighted by Crippen LogP contribution is 2.35. The molecule has 1 aromatic heterocycles. The highest BCUT2D eigenvalue weighted by molar-refractivity contribution is 5.83. The van der Waals surface area contributed by atoms with Gasteiger partial charge < -0.3 is 20.5 Å². The number of carbonyl (C=O) groups is 1. The summed E-state index contributed by atoms with van der Waals surface area (Å²) < 4.78 is 42.5. The molecule has 1 saturated carbocycles. The molecule has 166 valence electrons. The minimum atomic E-state index is -0.970. The van der Waals surface area contributed by atoms with E-state index >= 15 is 0 Å². The molecule has 0 radical (unpaired) electrons. The van der Waals surface area contributed by atoms with Gasteiger partial charge in [0.05, 0.1) is 12.6 Å². The van der Waals surface area contributed by atoms with Crippen LogP contribution < -0.4 is 11.1 Å². The van der Waals surface area contributed by atoms with Gasteiger partial charge in [0, 0.05) is 30.4 Å². The zero-order valence-corrected chi connectivity index (χ0v) is 17.2. The van der Waals surface area contributed by atoms with Crippen molar-refractivity contribution < 1.29 is 18.0 Å². The number of hydrogen-bond acceptors (Lipinski definition) is 4. The number of aromatic nitrogens is 2. The average molecular weight is 441 g/mol. The molecule has 1 aliphatic carbocycles. The summed E-state index contributed by atoms with van der Waals surface area (Å²) in [6.07, 6.45) is 1.96. The fourth-order valence-corrected chi connectivity index (χ4v) is 4.03. The van der Waals surface area contributed by atoms with Crippen LogP contribution in [0.2, 0.25) is 0 Å². The largest absolute Gasteiger partial charge is 0.340 e. The van der Waals surface area contributed by atoms with Gasteiger partial charge >= 0.3 is 0 Å². The van der Waals surface area contributed by atoms with Gasteiger partial charge in [0.15, 0.2) is 11.6 Å². The van der Waals surface area contributed by atoms with Crippen molar-refractivity contribution >= 4 is 17.4 Å². The van der Waals surface area contributed by atoms with Crippen molar-refractivity contribution in [2.45, 2.75) is 32.0 Å². The number of nitrogens with one attached hydrogen (secondary N) is 1. The molecule has 32 heavy (non-hydrogen) atoms. The number of nitrogens with zero attached hydrogens (tertiary/aromatic N) is 3. The Labute approximate surface area is 182 Å². The van der Waals surface area contributed by atoms with Crippen LogP contribution in [0.3, 0.4) is 0 Å². The van der Waals surface area contributed by atoms with Crippen LogP contribution in [0.1, 0.15) is 18.7 Å². The SMILES string of the molecule is N[C@H](C(=O)N1CCn2c(nc(-c3ccc(F)cc3)c2Nc2ccc(F)c(F)c2)C1)C1CC1. The van der Waals surface area contributed by atoms with Gasteiger partial charge in [0.1, 0.15) is 23.2 Å². The van der Waals surface area contributed by atoms with Crippen LogP contribution in [0.4, 0.5) is 24.7 Å². The minimum Gasteiger partial charge on any atom is -0.340 e. The summed E-state index contributed by atoms with van der Waals surface area (Å²) in [4.78, 5) is 19.2. The van der Waals surface area contributed by atoms with Gasteiger partial charge in [0.25, 0.3) is 0 Å². The maximum absolute atomic E-state index is 13.8. The number of benzene rings is 2. The lowest BCUT2D eigenvalue weighted by Gasteiger charge is -2.30. The molecule has 6 nitrogen and oxygen atoms in total. The first kappa shape index (κ1) is 20.6.